The first kappa shape index (κ1) is 17.8. The zero-order valence-corrected chi connectivity index (χ0v) is 14.2. The van der Waals surface area contributed by atoms with E-state index in [0.29, 0.717) is 11.5 Å². The molecule has 0 aliphatic carbocycles. The van der Waals surface area contributed by atoms with Gasteiger partial charge in [-0.25, -0.2) is 0 Å². The van der Waals surface area contributed by atoms with Crippen molar-refractivity contribution in [2.24, 2.45) is 0 Å². The molecule has 0 fully saturated rings. The number of carboxylic acids is 1. The molecule has 2 aromatic carbocycles. The Balaban J connectivity index is 2.32. The second-order valence-corrected chi connectivity index (χ2v) is 5.95. The largest absolute Gasteiger partial charge is 0.504 e. The van der Waals surface area contributed by atoms with Gasteiger partial charge in [-0.1, -0.05) is 18.2 Å². The Labute approximate surface area is 144 Å². The van der Waals surface area contributed by atoms with Crippen LogP contribution in [0.1, 0.15) is 10.9 Å². The molecule has 6 nitrogen and oxygen atoms in total. The van der Waals surface area contributed by atoms with Crippen LogP contribution in [0.2, 0.25) is 0 Å². The molecule has 0 saturated heterocycles. The summed E-state index contributed by atoms with van der Waals surface area (Å²) >= 11 is 1.22. The third kappa shape index (κ3) is 4.48. The van der Waals surface area contributed by atoms with Gasteiger partial charge in [0.15, 0.2) is 11.5 Å². The lowest BCUT2D eigenvalue weighted by Gasteiger charge is -2.21. The molecule has 0 heterocycles. The highest BCUT2D eigenvalue weighted by Crippen LogP contribution is 2.37. The maximum Gasteiger partial charge on any atom is 0.313 e. The number of rotatable bonds is 8. The van der Waals surface area contributed by atoms with Crippen molar-refractivity contribution in [2.75, 3.05) is 25.3 Å². The number of aromatic hydroxyl groups is 1. The van der Waals surface area contributed by atoms with Gasteiger partial charge in [-0.2, -0.15) is 0 Å². The maximum absolute atomic E-state index is 10.9. The van der Waals surface area contributed by atoms with Crippen LogP contribution in [-0.2, 0) is 4.79 Å². The normalized spacial score (nSPS) is 11.6. The third-order valence-corrected chi connectivity index (χ3v) is 4.41. The number of thioether (sulfide) groups is 1. The molecule has 0 amide bonds. The number of phenolic OH excluding ortho intramolecular Hbond substituents is 1. The van der Waals surface area contributed by atoms with Crippen LogP contribution in [0.3, 0.4) is 0 Å². The average Bonchev–Trinajstić information content (AvgIpc) is 2.59. The molecule has 0 aliphatic heterocycles. The Morgan fingerprint density at radius 3 is 2.54 bits per heavy atom. The minimum Gasteiger partial charge on any atom is -0.504 e. The predicted molar refractivity (Wildman–Crippen MR) is 94.1 cm³/mol. The van der Waals surface area contributed by atoms with Gasteiger partial charge in [0.25, 0.3) is 0 Å². The van der Waals surface area contributed by atoms with Crippen LogP contribution >= 0.6 is 11.8 Å². The van der Waals surface area contributed by atoms with Gasteiger partial charge < -0.3 is 25.0 Å². The summed E-state index contributed by atoms with van der Waals surface area (Å²) in [5, 5.41) is 21.6. The van der Waals surface area contributed by atoms with E-state index in [9.17, 15) is 9.90 Å². The zero-order chi connectivity index (χ0) is 17.5. The number of carboxylic acid groups (broad SMARTS) is 1. The molecule has 0 unspecified atom stereocenters. The first-order valence-corrected chi connectivity index (χ1v) is 8.20. The first-order valence-electron chi connectivity index (χ1n) is 7.15. The lowest BCUT2D eigenvalue weighted by molar-refractivity contribution is -0.133. The summed E-state index contributed by atoms with van der Waals surface area (Å²) in [6, 6.07) is 12.3. The fraction of sp³-hybridized carbons (Fsp3) is 0.235. The Kier molecular flexibility index (Phi) is 6.20. The average molecular weight is 349 g/mol. The SMILES string of the molecule is COc1cc([C@H](Nc2ccccc2OC)SCC(=O)O)ccc1O. The van der Waals surface area contributed by atoms with Gasteiger partial charge in [0.1, 0.15) is 5.75 Å². The summed E-state index contributed by atoms with van der Waals surface area (Å²) in [6.07, 6.45) is 0. The van der Waals surface area contributed by atoms with Gasteiger partial charge in [0.05, 0.1) is 31.0 Å². The van der Waals surface area contributed by atoms with Gasteiger partial charge in [0.2, 0.25) is 0 Å². The Morgan fingerprint density at radius 1 is 1.17 bits per heavy atom. The summed E-state index contributed by atoms with van der Waals surface area (Å²) < 4.78 is 10.4. The molecule has 3 N–H and O–H groups in total. The zero-order valence-electron chi connectivity index (χ0n) is 13.4. The van der Waals surface area contributed by atoms with E-state index < -0.39 is 5.97 Å². The lowest BCUT2D eigenvalue weighted by atomic mass is 10.2. The van der Waals surface area contributed by atoms with Gasteiger partial charge in [-0.05, 0) is 29.8 Å². The van der Waals surface area contributed by atoms with Crippen molar-refractivity contribution < 1.29 is 24.5 Å². The summed E-state index contributed by atoms with van der Waals surface area (Å²) in [5.74, 6) is 0.0354. The summed E-state index contributed by atoms with van der Waals surface area (Å²) in [5.41, 5.74) is 1.52. The van der Waals surface area contributed by atoms with Crippen LogP contribution < -0.4 is 14.8 Å². The van der Waals surface area contributed by atoms with Crippen molar-refractivity contribution in [3.63, 3.8) is 0 Å². The molecule has 1 atom stereocenters. The number of methoxy groups -OCH3 is 2. The van der Waals surface area contributed by atoms with Crippen LogP contribution in [0.5, 0.6) is 17.2 Å². The highest BCUT2D eigenvalue weighted by atomic mass is 32.2. The highest BCUT2D eigenvalue weighted by Gasteiger charge is 2.17. The molecule has 0 spiro atoms. The molecule has 128 valence electrons. The molecule has 0 bridgehead atoms. The molecule has 2 rings (SSSR count). The number of phenols is 1. The monoisotopic (exact) mass is 349 g/mol. The molecule has 24 heavy (non-hydrogen) atoms. The molecule has 0 aromatic heterocycles. The van der Waals surface area contributed by atoms with Crippen molar-refractivity contribution in [3.8, 4) is 17.2 Å². The van der Waals surface area contributed by atoms with E-state index in [2.05, 4.69) is 5.32 Å². The van der Waals surface area contributed by atoms with Gasteiger partial charge in [-0.3, -0.25) is 4.79 Å². The van der Waals surface area contributed by atoms with Crippen molar-refractivity contribution in [1.29, 1.82) is 0 Å². The molecular formula is C17H19NO5S. The Hall–Kier alpha value is -2.54. The molecular weight excluding hydrogens is 330 g/mol. The van der Waals surface area contributed by atoms with Crippen LogP contribution in [-0.4, -0.2) is 36.2 Å². The number of aliphatic carboxylic acids is 1. The van der Waals surface area contributed by atoms with E-state index in [0.717, 1.165) is 11.3 Å². The van der Waals surface area contributed by atoms with E-state index in [1.165, 1.54) is 24.9 Å². The quantitative estimate of drug-likeness (QED) is 0.630. The van der Waals surface area contributed by atoms with E-state index in [4.69, 9.17) is 14.6 Å². The Morgan fingerprint density at radius 2 is 1.88 bits per heavy atom. The lowest BCUT2D eigenvalue weighted by Crippen LogP contribution is -2.11. The number of ether oxygens (including phenoxy) is 2. The van der Waals surface area contributed by atoms with Gasteiger partial charge in [0, 0.05) is 0 Å². The van der Waals surface area contributed by atoms with Crippen LogP contribution in [0.15, 0.2) is 42.5 Å². The Bertz CT molecular complexity index is 707. The van der Waals surface area contributed by atoms with E-state index in [1.54, 1.807) is 19.2 Å². The highest BCUT2D eigenvalue weighted by molar-refractivity contribution is 8.00. The van der Waals surface area contributed by atoms with Crippen molar-refractivity contribution >= 4 is 23.4 Å². The number of carbonyl (C=O) groups is 1. The van der Waals surface area contributed by atoms with Gasteiger partial charge >= 0.3 is 5.97 Å². The van der Waals surface area contributed by atoms with Crippen LogP contribution in [0, 0.1) is 0 Å². The molecule has 0 aliphatic rings. The number of para-hydroxylation sites is 2. The first-order chi connectivity index (χ1) is 11.5. The number of hydrogen-bond acceptors (Lipinski definition) is 6. The topological polar surface area (TPSA) is 88.0 Å². The van der Waals surface area contributed by atoms with E-state index >= 15 is 0 Å². The second-order valence-electron chi connectivity index (χ2n) is 4.86. The van der Waals surface area contributed by atoms with Crippen LogP contribution in [0.4, 0.5) is 5.69 Å². The van der Waals surface area contributed by atoms with Crippen molar-refractivity contribution in [3.05, 3.63) is 48.0 Å². The minimum absolute atomic E-state index is 0.0283. The fourth-order valence-electron chi connectivity index (χ4n) is 2.14. The summed E-state index contributed by atoms with van der Waals surface area (Å²) in [6.45, 7) is 0. The summed E-state index contributed by atoms with van der Waals surface area (Å²) in [4.78, 5) is 10.9. The molecule has 7 heteroatoms. The standard InChI is InChI=1S/C17H19NO5S/c1-22-14-6-4-3-5-12(14)18-17(24-10-16(20)21)11-7-8-13(19)15(9-11)23-2/h3-9,17-19H,10H2,1-2H3,(H,20,21)/t17-/m1/s1. The molecule has 0 saturated carbocycles. The minimum atomic E-state index is -0.905. The van der Waals surface area contributed by atoms with Crippen molar-refractivity contribution in [2.45, 2.75) is 5.37 Å². The molecule has 0 radical (unpaired) electrons. The predicted octanol–water partition coefficient (Wildman–Crippen LogP) is 3.34. The van der Waals surface area contributed by atoms with E-state index in [1.807, 2.05) is 24.3 Å². The fourth-order valence-corrected chi connectivity index (χ4v) is 3.00. The number of benzene rings is 2. The van der Waals surface area contributed by atoms with E-state index in [-0.39, 0.29) is 16.9 Å². The molecule has 2 aromatic rings. The number of hydrogen-bond donors (Lipinski definition) is 3. The maximum atomic E-state index is 10.9. The number of nitrogens with one attached hydrogen (secondary N) is 1. The third-order valence-electron chi connectivity index (χ3n) is 3.27. The van der Waals surface area contributed by atoms with Gasteiger partial charge in [-0.15, -0.1) is 11.8 Å². The summed E-state index contributed by atoms with van der Waals surface area (Å²) in [7, 11) is 3.04. The smallest absolute Gasteiger partial charge is 0.313 e. The van der Waals surface area contributed by atoms with Crippen molar-refractivity contribution in [1.82, 2.24) is 0 Å². The van der Waals surface area contributed by atoms with Crippen LogP contribution in [0.25, 0.3) is 0 Å². The second kappa shape index (κ2) is 8.35. The number of anilines is 1.